The molecule has 1 aromatic heterocycles. The molecule has 1 aromatic carbocycles. The second-order valence-electron chi connectivity index (χ2n) is 6.13. The monoisotopic (exact) mass is 295 g/mol. The lowest BCUT2D eigenvalue weighted by molar-refractivity contribution is -0.116. The molecule has 0 bridgehead atoms. The Bertz CT molecular complexity index is 815. The van der Waals surface area contributed by atoms with Crippen LogP contribution in [0.15, 0.2) is 29.1 Å². The molecular weight excluding hydrogens is 274 g/mol. The fourth-order valence-corrected chi connectivity index (χ4v) is 3.46. The molecule has 1 aliphatic heterocycles. The van der Waals surface area contributed by atoms with Crippen molar-refractivity contribution in [1.29, 1.82) is 0 Å². The van der Waals surface area contributed by atoms with Gasteiger partial charge in [-0.15, -0.1) is 0 Å². The summed E-state index contributed by atoms with van der Waals surface area (Å²) in [6.07, 6.45) is 1.96. The van der Waals surface area contributed by atoms with Crippen LogP contribution in [0.3, 0.4) is 0 Å². The summed E-state index contributed by atoms with van der Waals surface area (Å²) >= 11 is 0. The van der Waals surface area contributed by atoms with Gasteiger partial charge in [-0.3, -0.25) is 4.79 Å². The minimum Gasteiger partial charge on any atom is -0.344 e. The van der Waals surface area contributed by atoms with E-state index in [-0.39, 0.29) is 11.2 Å². The molecule has 0 atom stereocenters. The summed E-state index contributed by atoms with van der Waals surface area (Å²) in [6, 6.07) is 8.32. The summed E-state index contributed by atoms with van der Waals surface area (Å²) in [7, 11) is 0. The minimum absolute atomic E-state index is 0.0988. The highest BCUT2D eigenvalue weighted by atomic mass is 16.1. The standard InChI is InChI=1S/C19H21NO2/c1-12(21)8-9-16-14(3)20-11-10-15-6-4-5-7-17(15)18(20)13(2)19(16)22/h4-7H,8-11H2,1-3H3. The fraction of sp³-hybridized carbons (Fsp3) is 0.368. The molecule has 2 aromatic rings. The van der Waals surface area contributed by atoms with Gasteiger partial charge < -0.3 is 9.36 Å². The van der Waals surface area contributed by atoms with E-state index in [2.05, 4.69) is 22.8 Å². The summed E-state index contributed by atoms with van der Waals surface area (Å²) in [5, 5.41) is 0. The molecule has 0 saturated carbocycles. The SMILES string of the molecule is CC(=O)CCc1c(C)n2c(c(C)c1=O)-c1ccccc1CC2. The quantitative estimate of drug-likeness (QED) is 0.872. The normalized spacial score (nSPS) is 12.7. The fourth-order valence-electron chi connectivity index (χ4n) is 3.46. The van der Waals surface area contributed by atoms with Crippen molar-refractivity contribution >= 4 is 5.78 Å². The molecule has 114 valence electrons. The van der Waals surface area contributed by atoms with Crippen molar-refractivity contribution < 1.29 is 4.79 Å². The number of rotatable bonds is 3. The van der Waals surface area contributed by atoms with Gasteiger partial charge in [-0.2, -0.15) is 0 Å². The number of fused-ring (bicyclic) bond motifs is 3. The van der Waals surface area contributed by atoms with Gasteiger partial charge in [0.2, 0.25) is 0 Å². The van der Waals surface area contributed by atoms with Crippen LogP contribution in [-0.2, 0) is 24.2 Å². The van der Waals surface area contributed by atoms with Gasteiger partial charge in [-0.1, -0.05) is 24.3 Å². The zero-order valence-electron chi connectivity index (χ0n) is 13.4. The van der Waals surface area contributed by atoms with E-state index >= 15 is 0 Å². The van der Waals surface area contributed by atoms with E-state index < -0.39 is 0 Å². The largest absolute Gasteiger partial charge is 0.344 e. The van der Waals surface area contributed by atoms with Crippen molar-refractivity contribution in [1.82, 2.24) is 4.57 Å². The zero-order chi connectivity index (χ0) is 15.9. The highest BCUT2D eigenvalue weighted by Crippen LogP contribution is 2.32. The third-order valence-electron chi connectivity index (χ3n) is 4.69. The Labute approximate surface area is 130 Å². The maximum atomic E-state index is 12.8. The summed E-state index contributed by atoms with van der Waals surface area (Å²) in [4.78, 5) is 24.0. The molecular formula is C19H21NO2. The summed E-state index contributed by atoms with van der Waals surface area (Å²) in [5.41, 5.74) is 6.25. The Morgan fingerprint density at radius 2 is 1.95 bits per heavy atom. The lowest BCUT2D eigenvalue weighted by Gasteiger charge is -2.27. The van der Waals surface area contributed by atoms with Crippen LogP contribution in [0.1, 0.15) is 35.7 Å². The van der Waals surface area contributed by atoms with Gasteiger partial charge >= 0.3 is 0 Å². The predicted molar refractivity (Wildman–Crippen MR) is 88.3 cm³/mol. The second kappa shape index (κ2) is 5.56. The average molecular weight is 295 g/mol. The van der Waals surface area contributed by atoms with E-state index in [0.717, 1.165) is 35.5 Å². The first kappa shape index (κ1) is 14.8. The number of nitrogens with zero attached hydrogens (tertiary/aromatic N) is 1. The highest BCUT2D eigenvalue weighted by Gasteiger charge is 2.22. The van der Waals surface area contributed by atoms with Crippen molar-refractivity contribution in [3.8, 4) is 11.3 Å². The Hall–Kier alpha value is -2.16. The number of hydrogen-bond donors (Lipinski definition) is 0. The molecule has 3 nitrogen and oxygen atoms in total. The number of aromatic nitrogens is 1. The van der Waals surface area contributed by atoms with Crippen molar-refractivity contribution in [2.75, 3.05) is 0 Å². The van der Waals surface area contributed by atoms with Crippen LogP contribution < -0.4 is 5.43 Å². The average Bonchev–Trinajstić information content (AvgIpc) is 2.51. The summed E-state index contributed by atoms with van der Waals surface area (Å²) < 4.78 is 2.26. The Balaban J connectivity index is 2.21. The van der Waals surface area contributed by atoms with Gasteiger partial charge in [-0.25, -0.2) is 0 Å². The molecule has 1 aliphatic rings. The Kier molecular flexibility index (Phi) is 3.73. The number of carbonyl (C=O) groups excluding carboxylic acids is 1. The van der Waals surface area contributed by atoms with Gasteiger partial charge in [0, 0.05) is 35.3 Å². The molecule has 0 saturated heterocycles. The topological polar surface area (TPSA) is 39.1 Å². The van der Waals surface area contributed by atoms with Gasteiger partial charge in [-0.05, 0) is 39.2 Å². The third-order valence-corrected chi connectivity index (χ3v) is 4.69. The summed E-state index contributed by atoms with van der Waals surface area (Å²) in [6.45, 7) is 6.39. The highest BCUT2D eigenvalue weighted by molar-refractivity contribution is 5.76. The molecule has 0 amide bonds. The molecule has 0 spiro atoms. The molecule has 0 unspecified atom stereocenters. The number of hydrogen-bond acceptors (Lipinski definition) is 2. The van der Waals surface area contributed by atoms with Crippen molar-refractivity contribution in [2.24, 2.45) is 0 Å². The van der Waals surface area contributed by atoms with E-state index in [1.165, 1.54) is 11.1 Å². The molecule has 2 heterocycles. The molecule has 3 heteroatoms. The van der Waals surface area contributed by atoms with E-state index in [1.54, 1.807) is 6.92 Å². The second-order valence-corrected chi connectivity index (χ2v) is 6.13. The zero-order valence-corrected chi connectivity index (χ0v) is 13.4. The summed E-state index contributed by atoms with van der Waals surface area (Å²) in [5.74, 6) is 0.129. The van der Waals surface area contributed by atoms with E-state index in [9.17, 15) is 9.59 Å². The molecule has 0 N–H and O–H groups in total. The Morgan fingerprint density at radius 1 is 1.23 bits per heavy atom. The number of benzene rings is 1. The number of ketones is 1. The molecule has 3 rings (SSSR count). The number of aryl methyl sites for hydroxylation is 1. The van der Waals surface area contributed by atoms with Gasteiger partial charge in [0.1, 0.15) is 5.78 Å². The van der Waals surface area contributed by atoms with Crippen LogP contribution in [0.2, 0.25) is 0 Å². The van der Waals surface area contributed by atoms with Gasteiger partial charge in [0.15, 0.2) is 5.43 Å². The number of carbonyl (C=O) groups is 1. The van der Waals surface area contributed by atoms with E-state index in [4.69, 9.17) is 0 Å². The van der Waals surface area contributed by atoms with E-state index in [0.29, 0.717) is 12.8 Å². The first-order valence-electron chi connectivity index (χ1n) is 7.81. The minimum atomic E-state index is 0.0988. The van der Waals surface area contributed by atoms with Crippen LogP contribution in [-0.4, -0.2) is 10.4 Å². The van der Waals surface area contributed by atoms with Crippen LogP contribution >= 0.6 is 0 Å². The molecule has 0 aliphatic carbocycles. The first-order valence-corrected chi connectivity index (χ1v) is 7.81. The van der Waals surface area contributed by atoms with Crippen LogP contribution in [0.25, 0.3) is 11.3 Å². The number of pyridine rings is 1. The lowest BCUT2D eigenvalue weighted by atomic mass is 9.92. The third kappa shape index (κ3) is 2.31. The predicted octanol–water partition coefficient (Wildman–Crippen LogP) is 3.21. The molecule has 0 radical (unpaired) electrons. The van der Waals surface area contributed by atoms with Crippen LogP contribution in [0.4, 0.5) is 0 Å². The van der Waals surface area contributed by atoms with E-state index in [1.807, 2.05) is 19.9 Å². The van der Waals surface area contributed by atoms with Crippen molar-refractivity contribution in [3.63, 3.8) is 0 Å². The van der Waals surface area contributed by atoms with Crippen molar-refractivity contribution in [2.45, 2.75) is 46.6 Å². The van der Waals surface area contributed by atoms with Crippen molar-refractivity contribution in [3.05, 3.63) is 56.9 Å². The number of Topliss-reactive ketones (excluding diaryl/α,β-unsaturated/α-hetero) is 1. The van der Waals surface area contributed by atoms with Gasteiger partial charge in [0.25, 0.3) is 0 Å². The maximum Gasteiger partial charge on any atom is 0.188 e. The van der Waals surface area contributed by atoms with Crippen LogP contribution in [0, 0.1) is 13.8 Å². The smallest absolute Gasteiger partial charge is 0.188 e. The molecule has 22 heavy (non-hydrogen) atoms. The maximum absolute atomic E-state index is 12.8. The lowest BCUT2D eigenvalue weighted by Crippen LogP contribution is -2.26. The van der Waals surface area contributed by atoms with Gasteiger partial charge in [0.05, 0.1) is 5.69 Å². The van der Waals surface area contributed by atoms with Crippen LogP contribution in [0.5, 0.6) is 0 Å². The first-order chi connectivity index (χ1) is 10.5. The molecule has 0 fully saturated rings. The Morgan fingerprint density at radius 3 is 2.68 bits per heavy atom.